The van der Waals surface area contributed by atoms with Gasteiger partial charge in [-0.3, -0.25) is 4.90 Å². The smallest absolute Gasteiger partial charge is 0.123 e. The number of piperidine rings is 1. The molecule has 0 bridgehead atoms. The molecule has 0 unspecified atom stereocenters. The van der Waals surface area contributed by atoms with Gasteiger partial charge in [0.05, 0.1) is 0 Å². The van der Waals surface area contributed by atoms with E-state index in [9.17, 15) is 4.39 Å². The SMILES string of the molecule is COCC[C@@H]1CCCN(C/C=C/c2ccc(F)cc2)C1. The zero-order valence-electron chi connectivity index (χ0n) is 12.2. The molecule has 2 rings (SSSR count). The molecule has 0 amide bonds. The van der Waals surface area contributed by atoms with Gasteiger partial charge in [0.25, 0.3) is 0 Å². The van der Waals surface area contributed by atoms with Gasteiger partial charge in [0.1, 0.15) is 5.82 Å². The third-order valence-electron chi connectivity index (χ3n) is 3.88. The van der Waals surface area contributed by atoms with Crippen molar-refractivity contribution in [3.63, 3.8) is 0 Å². The molecule has 1 aliphatic rings. The summed E-state index contributed by atoms with van der Waals surface area (Å²) in [6.07, 6.45) is 8.00. The van der Waals surface area contributed by atoms with Crippen LogP contribution >= 0.6 is 0 Å². The molecule has 0 N–H and O–H groups in total. The Morgan fingerprint density at radius 2 is 2.15 bits per heavy atom. The van der Waals surface area contributed by atoms with Crippen molar-refractivity contribution in [3.8, 4) is 0 Å². The minimum absolute atomic E-state index is 0.181. The van der Waals surface area contributed by atoms with Gasteiger partial charge in [-0.1, -0.05) is 24.3 Å². The zero-order valence-corrected chi connectivity index (χ0v) is 12.2. The molecule has 1 fully saturated rings. The lowest BCUT2D eigenvalue weighted by atomic mass is 9.95. The quantitative estimate of drug-likeness (QED) is 0.788. The summed E-state index contributed by atoms with van der Waals surface area (Å²) in [7, 11) is 1.77. The van der Waals surface area contributed by atoms with E-state index in [0.29, 0.717) is 0 Å². The molecule has 1 aliphatic heterocycles. The van der Waals surface area contributed by atoms with Crippen LogP contribution in [-0.4, -0.2) is 38.3 Å². The number of methoxy groups -OCH3 is 1. The summed E-state index contributed by atoms with van der Waals surface area (Å²) < 4.78 is 18.0. The Kier molecular flexibility index (Phi) is 6.22. The molecule has 110 valence electrons. The first-order valence-electron chi connectivity index (χ1n) is 7.41. The lowest BCUT2D eigenvalue weighted by molar-refractivity contribution is 0.134. The van der Waals surface area contributed by atoms with E-state index in [-0.39, 0.29) is 5.82 Å². The van der Waals surface area contributed by atoms with Gasteiger partial charge in [0.15, 0.2) is 0 Å². The van der Waals surface area contributed by atoms with Gasteiger partial charge < -0.3 is 4.74 Å². The Hall–Kier alpha value is -1.19. The number of nitrogens with zero attached hydrogens (tertiary/aromatic N) is 1. The number of benzene rings is 1. The molecule has 1 aromatic rings. The summed E-state index contributed by atoms with van der Waals surface area (Å²) in [6.45, 7) is 4.18. The van der Waals surface area contributed by atoms with Crippen molar-refractivity contribution in [3.05, 3.63) is 41.7 Å². The lowest BCUT2D eigenvalue weighted by Gasteiger charge is -2.31. The number of halogens is 1. The molecule has 0 aliphatic carbocycles. The Balaban J connectivity index is 1.76. The highest BCUT2D eigenvalue weighted by Crippen LogP contribution is 2.19. The maximum Gasteiger partial charge on any atom is 0.123 e. The zero-order chi connectivity index (χ0) is 14.2. The van der Waals surface area contributed by atoms with Crippen molar-refractivity contribution in [2.24, 2.45) is 5.92 Å². The molecule has 0 radical (unpaired) electrons. The Bertz CT molecular complexity index is 416. The van der Waals surface area contributed by atoms with Gasteiger partial charge >= 0.3 is 0 Å². The van der Waals surface area contributed by atoms with Crippen molar-refractivity contribution < 1.29 is 9.13 Å². The van der Waals surface area contributed by atoms with Crippen molar-refractivity contribution in [2.45, 2.75) is 19.3 Å². The van der Waals surface area contributed by atoms with Crippen LogP contribution in [0.25, 0.3) is 6.08 Å². The van der Waals surface area contributed by atoms with Crippen LogP contribution in [0.3, 0.4) is 0 Å². The minimum atomic E-state index is -0.181. The molecule has 0 spiro atoms. The van der Waals surface area contributed by atoms with E-state index in [2.05, 4.69) is 17.1 Å². The molecule has 1 saturated heterocycles. The Morgan fingerprint density at radius 3 is 2.90 bits per heavy atom. The highest BCUT2D eigenvalue weighted by molar-refractivity contribution is 5.48. The van der Waals surface area contributed by atoms with Gasteiger partial charge in [-0.05, 0) is 49.4 Å². The largest absolute Gasteiger partial charge is 0.385 e. The van der Waals surface area contributed by atoms with E-state index >= 15 is 0 Å². The molecule has 0 saturated carbocycles. The highest BCUT2D eigenvalue weighted by atomic mass is 19.1. The molecular weight excluding hydrogens is 253 g/mol. The number of rotatable bonds is 6. The summed E-state index contributed by atoms with van der Waals surface area (Å²) in [6, 6.07) is 6.62. The monoisotopic (exact) mass is 277 g/mol. The molecule has 3 heteroatoms. The molecule has 0 aromatic heterocycles. The standard InChI is InChI=1S/C17H24FNO/c1-20-13-10-16-5-3-12-19(14-16)11-2-4-15-6-8-17(18)9-7-15/h2,4,6-9,16H,3,5,10-14H2,1H3/b4-2+/t16-/m0/s1. The first kappa shape index (κ1) is 15.2. The maximum atomic E-state index is 12.8. The fourth-order valence-electron chi connectivity index (χ4n) is 2.75. The van der Waals surface area contributed by atoms with Crippen molar-refractivity contribution in [2.75, 3.05) is 33.4 Å². The van der Waals surface area contributed by atoms with Crippen LogP contribution in [0.2, 0.25) is 0 Å². The van der Waals surface area contributed by atoms with Crippen molar-refractivity contribution in [1.29, 1.82) is 0 Å². The van der Waals surface area contributed by atoms with Gasteiger partial charge in [-0.25, -0.2) is 4.39 Å². The second-order valence-corrected chi connectivity index (χ2v) is 5.50. The first-order valence-corrected chi connectivity index (χ1v) is 7.41. The predicted octanol–water partition coefficient (Wildman–Crippen LogP) is 3.59. The van der Waals surface area contributed by atoms with E-state index < -0.39 is 0 Å². The fraction of sp³-hybridized carbons (Fsp3) is 0.529. The normalized spacial score (nSPS) is 20.6. The van der Waals surface area contributed by atoms with Crippen LogP contribution in [0, 0.1) is 11.7 Å². The molecule has 2 nitrogen and oxygen atoms in total. The summed E-state index contributed by atoms with van der Waals surface area (Å²) in [5.74, 6) is 0.585. The van der Waals surface area contributed by atoms with Crippen LogP contribution in [0.15, 0.2) is 30.3 Å². The average molecular weight is 277 g/mol. The van der Waals surface area contributed by atoms with Crippen LogP contribution in [0.1, 0.15) is 24.8 Å². The number of ether oxygens (including phenoxy) is 1. The summed E-state index contributed by atoms with van der Waals surface area (Å²) in [5, 5.41) is 0. The van der Waals surface area contributed by atoms with Gasteiger partial charge in [0, 0.05) is 26.8 Å². The number of likely N-dealkylation sites (tertiary alicyclic amines) is 1. The second-order valence-electron chi connectivity index (χ2n) is 5.50. The summed E-state index contributed by atoms with van der Waals surface area (Å²) in [4.78, 5) is 2.49. The third-order valence-corrected chi connectivity index (χ3v) is 3.88. The van der Waals surface area contributed by atoms with E-state index in [1.54, 1.807) is 7.11 Å². The highest BCUT2D eigenvalue weighted by Gasteiger charge is 2.18. The summed E-state index contributed by atoms with van der Waals surface area (Å²) >= 11 is 0. The average Bonchev–Trinajstić information content (AvgIpc) is 2.48. The van der Waals surface area contributed by atoms with E-state index in [4.69, 9.17) is 4.74 Å². The first-order chi connectivity index (χ1) is 9.78. The lowest BCUT2D eigenvalue weighted by Crippen LogP contribution is -2.35. The van der Waals surface area contributed by atoms with Gasteiger partial charge in [-0.15, -0.1) is 0 Å². The van der Waals surface area contributed by atoms with Gasteiger partial charge in [0.2, 0.25) is 0 Å². The Labute approximate surface area is 121 Å². The number of hydrogen-bond acceptors (Lipinski definition) is 2. The molecule has 1 heterocycles. The van der Waals surface area contributed by atoms with E-state index in [0.717, 1.165) is 37.6 Å². The molecule has 1 aromatic carbocycles. The molecular formula is C17H24FNO. The molecule has 1 atom stereocenters. The third kappa shape index (κ3) is 5.06. The molecule has 20 heavy (non-hydrogen) atoms. The van der Waals surface area contributed by atoms with Crippen molar-refractivity contribution in [1.82, 2.24) is 4.90 Å². The van der Waals surface area contributed by atoms with Crippen LogP contribution in [0.5, 0.6) is 0 Å². The van der Waals surface area contributed by atoms with Crippen LogP contribution in [0.4, 0.5) is 4.39 Å². The predicted molar refractivity (Wildman–Crippen MR) is 81.1 cm³/mol. The summed E-state index contributed by atoms with van der Waals surface area (Å²) in [5.41, 5.74) is 1.05. The maximum absolute atomic E-state index is 12.8. The van der Waals surface area contributed by atoms with Crippen molar-refractivity contribution >= 4 is 6.08 Å². The van der Waals surface area contributed by atoms with Crippen LogP contribution in [-0.2, 0) is 4.74 Å². The fourth-order valence-corrected chi connectivity index (χ4v) is 2.75. The van der Waals surface area contributed by atoms with Gasteiger partial charge in [-0.2, -0.15) is 0 Å². The minimum Gasteiger partial charge on any atom is -0.385 e. The van der Waals surface area contributed by atoms with Crippen LogP contribution < -0.4 is 0 Å². The van der Waals surface area contributed by atoms with E-state index in [1.165, 1.54) is 31.5 Å². The Morgan fingerprint density at radius 1 is 1.35 bits per heavy atom. The second kappa shape index (κ2) is 8.18. The number of hydrogen-bond donors (Lipinski definition) is 0. The van der Waals surface area contributed by atoms with E-state index in [1.807, 2.05) is 12.1 Å². The topological polar surface area (TPSA) is 12.5 Å².